The largest absolute Gasteiger partial charge is 0.508 e. The predicted molar refractivity (Wildman–Crippen MR) is 135 cm³/mol. The van der Waals surface area contributed by atoms with Gasteiger partial charge in [-0.1, -0.05) is 52.7 Å². The average molecular weight is 505 g/mol. The Labute approximate surface area is 212 Å². The van der Waals surface area contributed by atoms with Gasteiger partial charge < -0.3 is 31.5 Å². The van der Waals surface area contributed by atoms with Crippen LogP contribution in [0, 0.1) is 11.8 Å². The van der Waals surface area contributed by atoms with Crippen molar-refractivity contribution in [3.63, 3.8) is 0 Å². The number of carboxylic acid groups (broad SMARTS) is 1. The molecule has 6 N–H and O–H groups in total. The van der Waals surface area contributed by atoms with Gasteiger partial charge in [0.2, 0.25) is 17.7 Å². The Balaban J connectivity index is 2.15. The number of nitrogens with two attached hydrogens (primary N) is 1. The summed E-state index contributed by atoms with van der Waals surface area (Å²) in [6, 6.07) is 2.47. The van der Waals surface area contributed by atoms with Crippen LogP contribution in [0.1, 0.15) is 58.9 Å². The van der Waals surface area contributed by atoms with Gasteiger partial charge in [0.05, 0.1) is 6.04 Å². The number of carbonyl (C=O) groups is 4. The number of nitrogens with zero attached hydrogens (tertiary/aromatic N) is 1. The summed E-state index contributed by atoms with van der Waals surface area (Å²) in [5.74, 6) is -2.68. The first-order valence-electron chi connectivity index (χ1n) is 12.7. The molecule has 0 aliphatic carbocycles. The van der Waals surface area contributed by atoms with Crippen molar-refractivity contribution < 1.29 is 29.4 Å². The number of carbonyl (C=O) groups excluding carboxylic acids is 3. The maximum Gasteiger partial charge on any atom is 0.326 e. The molecule has 1 saturated heterocycles. The van der Waals surface area contributed by atoms with Crippen molar-refractivity contribution in [3.05, 3.63) is 29.8 Å². The summed E-state index contributed by atoms with van der Waals surface area (Å²) in [6.07, 6.45) is 2.37. The molecule has 6 unspecified atom stereocenters. The number of phenols is 1. The van der Waals surface area contributed by atoms with E-state index in [-0.39, 0.29) is 29.9 Å². The van der Waals surface area contributed by atoms with Gasteiger partial charge in [-0.05, 0) is 42.4 Å². The number of nitrogens with one attached hydrogen (secondary N) is 2. The van der Waals surface area contributed by atoms with Crippen LogP contribution in [0.5, 0.6) is 5.75 Å². The molecular formula is C26H40N4O6. The number of benzene rings is 1. The fourth-order valence-electron chi connectivity index (χ4n) is 4.26. The van der Waals surface area contributed by atoms with E-state index >= 15 is 0 Å². The van der Waals surface area contributed by atoms with Crippen molar-refractivity contribution in [2.24, 2.45) is 17.6 Å². The second-order valence-corrected chi connectivity index (χ2v) is 9.74. The molecule has 2 rings (SSSR count). The van der Waals surface area contributed by atoms with Gasteiger partial charge in [-0.15, -0.1) is 0 Å². The number of phenolic OH excluding ortho intramolecular Hbond substituents is 1. The van der Waals surface area contributed by atoms with Crippen LogP contribution in [0.25, 0.3) is 0 Å². The minimum Gasteiger partial charge on any atom is -0.508 e. The van der Waals surface area contributed by atoms with Gasteiger partial charge in [0.15, 0.2) is 0 Å². The normalized spacial score (nSPS) is 19.6. The number of likely N-dealkylation sites (tertiary alicyclic amines) is 1. The molecule has 1 aliphatic heterocycles. The van der Waals surface area contributed by atoms with E-state index < -0.39 is 42.0 Å². The molecule has 1 aromatic rings. The Morgan fingerprint density at radius 3 is 2.22 bits per heavy atom. The zero-order valence-electron chi connectivity index (χ0n) is 21.6. The van der Waals surface area contributed by atoms with Crippen LogP contribution >= 0.6 is 0 Å². The first kappa shape index (κ1) is 29.1. The smallest absolute Gasteiger partial charge is 0.326 e. The Morgan fingerprint density at radius 2 is 1.67 bits per heavy atom. The first-order chi connectivity index (χ1) is 17.0. The van der Waals surface area contributed by atoms with Crippen molar-refractivity contribution in [1.82, 2.24) is 15.5 Å². The summed E-state index contributed by atoms with van der Waals surface area (Å²) in [5, 5.41) is 24.5. The molecule has 36 heavy (non-hydrogen) atoms. The van der Waals surface area contributed by atoms with E-state index in [0.29, 0.717) is 31.4 Å². The van der Waals surface area contributed by atoms with Crippen LogP contribution in [0.4, 0.5) is 0 Å². The average Bonchev–Trinajstić information content (AvgIpc) is 3.36. The highest BCUT2D eigenvalue weighted by Gasteiger charge is 2.40. The van der Waals surface area contributed by atoms with Crippen LogP contribution < -0.4 is 16.4 Å². The highest BCUT2D eigenvalue weighted by Crippen LogP contribution is 2.22. The third-order valence-corrected chi connectivity index (χ3v) is 7.17. The summed E-state index contributed by atoms with van der Waals surface area (Å²) in [4.78, 5) is 52.7. The molecule has 3 amide bonds. The highest BCUT2D eigenvalue weighted by atomic mass is 16.4. The van der Waals surface area contributed by atoms with Crippen LogP contribution in [-0.4, -0.2) is 69.5 Å². The van der Waals surface area contributed by atoms with E-state index in [0.717, 1.165) is 6.42 Å². The van der Waals surface area contributed by atoms with E-state index in [2.05, 4.69) is 10.6 Å². The molecular weight excluding hydrogens is 464 g/mol. The molecule has 1 aromatic carbocycles. The van der Waals surface area contributed by atoms with Crippen LogP contribution in [0.15, 0.2) is 24.3 Å². The fraction of sp³-hybridized carbons (Fsp3) is 0.615. The standard InChI is InChI=1S/C26H40N4O6/c1-5-15(3)21(27)24(33)29-22(16(4)6-2)25(34)30-13-7-8-20(30)23(32)28-19(26(35)36)14-17-9-11-18(31)12-10-17/h9-12,15-16,19-22,31H,5-8,13-14,27H2,1-4H3,(H,28,32)(H,29,33)(H,35,36). The molecule has 0 bridgehead atoms. The third kappa shape index (κ3) is 7.43. The fourth-order valence-corrected chi connectivity index (χ4v) is 4.26. The maximum atomic E-state index is 13.6. The van der Waals surface area contributed by atoms with E-state index in [1.54, 1.807) is 12.1 Å². The van der Waals surface area contributed by atoms with E-state index in [9.17, 15) is 29.4 Å². The lowest BCUT2D eigenvalue weighted by Gasteiger charge is -2.32. The van der Waals surface area contributed by atoms with Crippen molar-refractivity contribution in [3.8, 4) is 5.75 Å². The minimum absolute atomic E-state index is 0.0288. The van der Waals surface area contributed by atoms with E-state index in [4.69, 9.17) is 5.73 Å². The summed E-state index contributed by atoms with van der Waals surface area (Å²) in [6.45, 7) is 7.94. The Hall–Kier alpha value is -3.14. The Morgan fingerprint density at radius 1 is 1.06 bits per heavy atom. The minimum atomic E-state index is -1.20. The summed E-state index contributed by atoms with van der Waals surface area (Å²) >= 11 is 0. The van der Waals surface area contributed by atoms with Crippen molar-refractivity contribution >= 4 is 23.7 Å². The Kier molecular flexibility index (Phi) is 10.7. The zero-order chi connectivity index (χ0) is 27.0. The number of hydrogen-bond acceptors (Lipinski definition) is 6. The lowest BCUT2D eigenvalue weighted by atomic mass is 9.95. The molecule has 0 spiro atoms. The molecule has 1 aliphatic rings. The second kappa shape index (κ2) is 13.2. The third-order valence-electron chi connectivity index (χ3n) is 7.17. The molecule has 1 fully saturated rings. The molecule has 0 saturated carbocycles. The maximum absolute atomic E-state index is 13.6. The molecule has 10 heteroatoms. The quantitative estimate of drug-likeness (QED) is 0.287. The van der Waals surface area contributed by atoms with Gasteiger partial charge in [-0.3, -0.25) is 14.4 Å². The van der Waals surface area contributed by atoms with Gasteiger partial charge in [0, 0.05) is 13.0 Å². The molecule has 0 aromatic heterocycles. The lowest BCUT2D eigenvalue weighted by Crippen LogP contribution is -2.59. The molecule has 0 radical (unpaired) electrons. The number of aliphatic carboxylic acids is 1. The van der Waals surface area contributed by atoms with E-state index in [1.807, 2.05) is 27.7 Å². The van der Waals surface area contributed by atoms with Crippen LogP contribution in [0.2, 0.25) is 0 Å². The van der Waals surface area contributed by atoms with Gasteiger partial charge in [0.1, 0.15) is 23.9 Å². The number of amides is 3. The monoisotopic (exact) mass is 504 g/mol. The Bertz CT molecular complexity index is 922. The van der Waals surface area contributed by atoms with Crippen LogP contribution in [-0.2, 0) is 25.6 Å². The predicted octanol–water partition coefficient (Wildman–Crippen LogP) is 1.40. The SMILES string of the molecule is CCC(C)C(N)C(=O)NC(C(=O)N1CCCC1C(=O)NC(Cc1ccc(O)cc1)C(=O)O)C(C)CC. The lowest BCUT2D eigenvalue weighted by molar-refractivity contribution is -0.145. The van der Waals surface area contributed by atoms with Crippen molar-refractivity contribution in [2.75, 3.05) is 6.54 Å². The molecule has 6 atom stereocenters. The summed E-state index contributed by atoms with van der Waals surface area (Å²) < 4.78 is 0. The van der Waals surface area contributed by atoms with Crippen LogP contribution in [0.3, 0.4) is 0 Å². The summed E-state index contributed by atoms with van der Waals surface area (Å²) in [7, 11) is 0. The van der Waals surface area contributed by atoms with Crippen molar-refractivity contribution in [1.29, 1.82) is 0 Å². The number of hydrogen-bond donors (Lipinski definition) is 5. The first-order valence-corrected chi connectivity index (χ1v) is 12.7. The number of rotatable bonds is 12. The van der Waals surface area contributed by atoms with E-state index in [1.165, 1.54) is 17.0 Å². The van der Waals surface area contributed by atoms with Gasteiger partial charge >= 0.3 is 5.97 Å². The van der Waals surface area contributed by atoms with Gasteiger partial charge in [-0.2, -0.15) is 0 Å². The molecule has 1 heterocycles. The molecule has 200 valence electrons. The topological polar surface area (TPSA) is 162 Å². The number of carboxylic acids is 1. The van der Waals surface area contributed by atoms with Gasteiger partial charge in [0.25, 0.3) is 0 Å². The second-order valence-electron chi connectivity index (χ2n) is 9.74. The highest BCUT2D eigenvalue weighted by molar-refractivity contribution is 5.94. The zero-order valence-corrected chi connectivity index (χ0v) is 21.6. The molecule has 10 nitrogen and oxygen atoms in total. The van der Waals surface area contributed by atoms with Gasteiger partial charge in [-0.25, -0.2) is 4.79 Å². The summed E-state index contributed by atoms with van der Waals surface area (Å²) in [5.41, 5.74) is 6.71. The van der Waals surface area contributed by atoms with Crippen molar-refractivity contribution in [2.45, 2.75) is 84.0 Å². The number of aromatic hydroxyl groups is 1.